The van der Waals surface area contributed by atoms with Crippen molar-refractivity contribution in [3.8, 4) is 11.4 Å². The monoisotopic (exact) mass is 478 g/mol. The topological polar surface area (TPSA) is 60.2 Å². The summed E-state index contributed by atoms with van der Waals surface area (Å²) < 4.78 is 31.4. The maximum absolute atomic E-state index is 12.6. The highest BCUT2D eigenvalue weighted by Crippen LogP contribution is 2.27. The minimum atomic E-state index is -2.87. The number of aromatic nitrogens is 3. The van der Waals surface area contributed by atoms with Gasteiger partial charge in [0.2, 0.25) is 0 Å². The van der Waals surface area contributed by atoms with E-state index in [9.17, 15) is 13.6 Å². The number of nitrogens with zero attached hydrogens (tertiary/aromatic N) is 4. The van der Waals surface area contributed by atoms with Crippen LogP contribution in [0.5, 0.6) is 5.75 Å². The van der Waals surface area contributed by atoms with Gasteiger partial charge in [-0.25, -0.2) is 0 Å². The fraction of sp³-hybridized carbons (Fsp3) is 0.409. The Morgan fingerprint density at radius 3 is 2.53 bits per heavy atom. The lowest BCUT2D eigenvalue weighted by Gasteiger charge is -2.26. The second-order valence-electron chi connectivity index (χ2n) is 7.57. The Morgan fingerprint density at radius 1 is 1.12 bits per heavy atom. The van der Waals surface area contributed by atoms with Gasteiger partial charge in [0.05, 0.1) is 17.2 Å². The van der Waals surface area contributed by atoms with E-state index < -0.39 is 6.61 Å². The van der Waals surface area contributed by atoms with Crippen LogP contribution >= 0.6 is 23.1 Å². The molecule has 32 heavy (non-hydrogen) atoms. The Balaban J connectivity index is 1.57. The van der Waals surface area contributed by atoms with E-state index in [4.69, 9.17) is 0 Å². The molecule has 0 saturated carbocycles. The van der Waals surface area contributed by atoms with Crippen LogP contribution in [0.15, 0.2) is 41.6 Å². The molecule has 3 aromatic rings. The number of carbonyl (C=O) groups is 1. The van der Waals surface area contributed by atoms with Crippen molar-refractivity contribution in [2.75, 3.05) is 18.8 Å². The molecule has 170 valence electrons. The molecule has 1 aliphatic rings. The number of carbonyl (C=O) groups excluding carboxylic acids is 1. The molecule has 1 saturated heterocycles. The molecule has 0 amide bonds. The maximum Gasteiger partial charge on any atom is 0.387 e. The number of rotatable bonds is 9. The molecule has 6 nitrogen and oxygen atoms in total. The Bertz CT molecular complexity index is 1050. The normalized spacial score (nSPS) is 14.8. The molecular formula is C22H24F2N4O2S2. The van der Waals surface area contributed by atoms with Crippen molar-refractivity contribution < 1.29 is 18.3 Å². The number of hydrogen-bond donors (Lipinski definition) is 0. The van der Waals surface area contributed by atoms with E-state index in [1.807, 2.05) is 23.6 Å². The third kappa shape index (κ3) is 5.73. The third-order valence-electron chi connectivity index (χ3n) is 5.18. The van der Waals surface area contributed by atoms with E-state index in [-0.39, 0.29) is 17.3 Å². The van der Waals surface area contributed by atoms with Crippen molar-refractivity contribution in [2.24, 2.45) is 0 Å². The van der Waals surface area contributed by atoms with Gasteiger partial charge in [0.15, 0.2) is 16.8 Å². The third-order valence-corrected chi connectivity index (χ3v) is 7.15. The molecule has 0 N–H and O–H groups in total. The summed E-state index contributed by atoms with van der Waals surface area (Å²) in [5, 5.41) is 9.35. The predicted octanol–water partition coefficient (Wildman–Crippen LogP) is 5.20. The van der Waals surface area contributed by atoms with Gasteiger partial charge in [0.1, 0.15) is 5.75 Å². The minimum absolute atomic E-state index is 0.0425. The van der Waals surface area contributed by atoms with Crippen molar-refractivity contribution in [1.82, 2.24) is 19.7 Å². The molecule has 0 unspecified atom stereocenters. The summed E-state index contributed by atoms with van der Waals surface area (Å²) in [5.74, 6) is 1.14. The van der Waals surface area contributed by atoms with Crippen LogP contribution in [-0.4, -0.2) is 50.9 Å². The number of piperidine rings is 1. The van der Waals surface area contributed by atoms with E-state index in [2.05, 4.69) is 19.8 Å². The highest BCUT2D eigenvalue weighted by Gasteiger charge is 2.20. The van der Waals surface area contributed by atoms with E-state index in [1.165, 1.54) is 41.7 Å². The van der Waals surface area contributed by atoms with Crippen LogP contribution in [0, 0.1) is 6.92 Å². The molecule has 3 heterocycles. The van der Waals surface area contributed by atoms with Crippen LogP contribution in [0.25, 0.3) is 5.69 Å². The van der Waals surface area contributed by atoms with Crippen LogP contribution in [0.4, 0.5) is 8.78 Å². The number of thiophene rings is 1. The lowest BCUT2D eigenvalue weighted by molar-refractivity contribution is -0.0498. The van der Waals surface area contributed by atoms with E-state index in [0.29, 0.717) is 11.7 Å². The second kappa shape index (κ2) is 10.5. The Kier molecular flexibility index (Phi) is 7.54. The highest BCUT2D eigenvalue weighted by atomic mass is 32.2. The Labute approximate surface area is 193 Å². The second-order valence-corrected chi connectivity index (χ2v) is 9.80. The van der Waals surface area contributed by atoms with Gasteiger partial charge in [-0.3, -0.25) is 14.3 Å². The molecule has 0 aliphatic carbocycles. The Hall–Kier alpha value is -2.30. The van der Waals surface area contributed by atoms with E-state index >= 15 is 0 Å². The number of hydrogen-bond acceptors (Lipinski definition) is 7. The zero-order valence-corrected chi connectivity index (χ0v) is 19.3. The molecule has 0 atom stereocenters. The van der Waals surface area contributed by atoms with Crippen LogP contribution in [-0.2, 0) is 6.54 Å². The molecular weight excluding hydrogens is 454 g/mol. The van der Waals surface area contributed by atoms with Crippen LogP contribution < -0.4 is 4.74 Å². The number of halogens is 2. The number of alkyl halides is 2. The molecule has 2 aromatic heterocycles. The molecule has 1 aliphatic heterocycles. The number of Topliss-reactive ketones (excluding diaryl/α,β-unsaturated/α-hetero) is 1. The smallest absolute Gasteiger partial charge is 0.387 e. The molecule has 0 radical (unpaired) electrons. The molecule has 4 rings (SSSR count). The number of ether oxygens (including phenoxy) is 1. The number of benzene rings is 1. The molecule has 0 bridgehead atoms. The first kappa shape index (κ1) is 22.9. The van der Waals surface area contributed by atoms with Gasteiger partial charge in [0.25, 0.3) is 0 Å². The van der Waals surface area contributed by atoms with Gasteiger partial charge in [-0.1, -0.05) is 18.2 Å². The van der Waals surface area contributed by atoms with Gasteiger partial charge in [0, 0.05) is 10.6 Å². The SMILES string of the molecule is Cc1ccc(C(=O)CSc2nnc(CN3CCCCC3)n2-c2ccc(OC(F)F)cc2)s1. The van der Waals surface area contributed by atoms with Gasteiger partial charge >= 0.3 is 6.61 Å². The first-order chi connectivity index (χ1) is 15.5. The number of aryl methyl sites for hydroxylation is 1. The zero-order valence-electron chi connectivity index (χ0n) is 17.7. The standard InChI is InChI=1S/C22H24F2N4O2S2/c1-15-5-10-19(32-15)18(29)14-31-22-26-25-20(13-27-11-3-2-4-12-27)28(22)16-6-8-17(9-7-16)30-21(23)24/h5-10,21H,2-4,11-14H2,1H3. The van der Waals surface area contributed by atoms with Crippen molar-refractivity contribution in [3.05, 3.63) is 52.0 Å². The average molecular weight is 479 g/mol. The zero-order chi connectivity index (χ0) is 22.5. The van der Waals surface area contributed by atoms with Crippen LogP contribution in [0.3, 0.4) is 0 Å². The van der Waals surface area contributed by atoms with Crippen LogP contribution in [0.2, 0.25) is 0 Å². The molecule has 1 aromatic carbocycles. The fourth-order valence-electron chi connectivity index (χ4n) is 3.64. The predicted molar refractivity (Wildman–Crippen MR) is 121 cm³/mol. The van der Waals surface area contributed by atoms with Crippen molar-refractivity contribution in [1.29, 1.82) is 0 Å². The highest BCUT2D eigenvalue weighted by molar-refractivity contribution is 7.99. The number of ketones is 1. The van der Waals surface area contributed by atoms with Gasteiger partial charge in [-0.15, -0.1) is 21.5 Å². The summed E-state index contributed by atoms with van der Waals surface area (Å²) in [6.45, 7) is 1.75. The van der Waals surface area contributed by atoms with E-state index in [0.717, 1.165) is 47.2 Å². The first-order valence-corrected chi connectivity index (χ1v) is 12.2. The largest absolute Gasteiger partial charge is 0.435 e. The molecule has 1 fully saturated rings. The lowest BCUT2D eigenvalue weighted by Crippen LogP contribution is -2.30. The van der Waals surface area contributed by atoms with Crippen molar-refractivity contribution in [2.45, 2.75) is 44.5 Å². The van der Waals surface area contributed by atoms with Crippen molar-refractivity contribution >= 4 is 28.9 Å². The Morgan fingerprint density at radius 2 is 1.88 bits per heavy atom. The molecule has 0 spiro atoms. The lowest BCUT2D eigenvalue weighted by atomic mass is 10.1. The summed E-state index contributed by atoms with van der Waals surface area (Å²) in [5.41, 5.74) is 0.741. The van der Waals surface area contributed by atoms with Gasteiger partial charge in [-0.2, -0.15) is 8.78 Å². The quantitative estimate of drug-likeness (QED) is 0.311. The summed E-state index contributed by atoms with van der Waals surface area (Å²) >= 11 is 2.81. The minimum Gasteiger partial charge on any atom is -0.435 e. The number of thioether (sulfide) groups is 1. The van der Waals surface area contributed by atoms with E-state index in [1.54, 1.807) is 12.1 Å². The van der Waals surface area contributed by atoms with Crippen LogP contribution in [0.1, 0.15) is 39.6 Å². The first-order valence-electron chi connectivity index (χ1n) is 10.4. The van der Waals surface area contributed by atoms with Gasteiger partial charge < -0.3 is 4.74 Å². The van der Waals surface area contributed by atoms with Crippen molar-refractivity contribution in [3.63, 3.8) is 0 Å². The summed E-state index contributed by atoms with van der Waals surface area (Å²) in [4.78, 5) is 16.7. The van der Waals surface area contributed by atoms with Gasteiger partial charge in [-0.05, 0) is 69.3 Å². The maximum atomic E-state index is 12.6. The number of likely N-dealkylation sites (tertiary alicyclic amines) is 1. The fourth-order valence-corrected chi connectivity index (χ4v) is 5.39. The molecule has 10 heteroatoms. The summed E-state index contributed by atoms with van der Waals surface area (Å²) in [6.07, 6.45) is 3.55. The average Bonchev–Trinajstić information content (AvgIpc) is 3.39. The summed E-state index contributed by atoms with van der Waals surface area (Å²) in [7, 11) is 0. The summed E-state index contributed by atoms with van der Waals surface area (Å²) in [6, 6.07) is 10.2.